The van der Waals surface area contributed by atoms with E-state index in [0.29, 0.717) is 29.1 Å². The molecule has 4 rings (SSSR count). The maximum absolute atomic E-state index is 13.3. The highest BCUT2D eigenvalue weighted by atomic mass is 19.3. The lowest BCUT2D eigenvalue weighted by Gasteiger charge is -2.54. The Hall–Kier alpha value is -0.700. The van der Waals surface area contributed by atoms with Crippen LogP contribution in [-0.4, -0.2) is 17.1 Å². The van der Waals surface area contributed by atoms with Crippen LogP contribution in [-0.2, 0) is 0 Å². The summed E-state index contributed by atoms with van der Waals surface area (Å²) >= 11 is 0. The maximum atomic E-state index is 13.3. The Kier molecular flexibility index (Phi) is 4.18. The molecule has 0 amide bonds. The molecule has 3 saturated carbocycles. The van der Waals surface area contributed by atoms with E-state index >= 15 is 0 Å². The summed E-state index contributed by atoms with van der Waals surface area (Å²) in [5.41, 5.74) is 1.08. The van der Waals surface area contributed by atoms with Crippen LogP contribution in [0.15, 0.2) is 23.8 Å². The molecule has 1 N–H and O–H groups in total. The minimum atomic E-state index is -2.63. The van der Waals surface area contributed by atoms with Gasteiger partial charge in [-0.15, -0.1) is 0 Å². The van der Waals surface area contributed by atoms with Crippen LogP contribution >= 0.6 is 0 Å². The molecule has 3 fully saturated rings. The molecule has 0 bridgehead atoms. The van der Waals surface area contributed by atoms with Gasteiger partial charge in [0.25, 0.3) is 6.43 Å². The summed E-state index contributed by atoms with van der Waals surface area (Å²) in [7, 11) is 0. The van der Waals surface area contributed by atoms with E-state index in [-0.39, 0.29) is 12.8 Å². The van der Waals surface area contributed by atoms with Crippen molar-refractivity contribution in [3.8, 4) is 0 Å². The quantitative estimate of drug-likeness (QED) is 0.629. The fraction of sp³-hybridized carbons (Fsp3) is 0.818. The van der Waals surface area contributed by atoms with Crippen molar-refractivity contribution in [2.45, 2.75) is 77.2 Å². The van der Waals surface area contributed by atoms with Gasteiger partial charge in [-0.2, -0.15) is 0 Å². The zero-order valence-electron chi connectivity index (χ0n) is 15.6. The van der Waals surface area contributed by atoms with Gasteiger partial charge in [-0.25, -0.2) is 8.78 Å². The molecule has 0 spiro atoms. The highest BCUT2D eigenvalue weighted by Gasteiger charge is 2.57. The number of halogens is 2. The molecular formula is C22H32F2O. The summed E-state index contributed by atoms with van der Waals surface area (Å²) in [5, 5.41) is 10.3. The van der Waals surface area contributed by atoms with Crippen molar-refractivity contribution < 1.29 is 13.9 Å². The van der Waals surface area contributed by atoms with Crippen molar-refractivity contribution in [1.82, 2.24) is 0 Å². The van der Waals surface area contributed by atoms with Gasteiger partial charge in [-0.05, 0) is 86.9 Å². The third kappa shape index (κ3) is 2.56. The molecule has 140 valence electrons. The maximum Gasteiger partial charge on any atom is 0.267 e. The fourth-order valence-corrected chi connectivity index (χ4v) is 7.32. The SMILES string of the molecule is C=C(C)[C@H]1CC[C@H]2[C@@H]3CC=C4C[C@](O)(C(F)F)CC[C@@H]4[C@H]3CC[C@]12C. The molecule has 0 unspecified atom stereocenters. The normalized spacial score (nSPS) is 49.2. The third-order valence-corrected chi connectivity index (χ3v) is 8.54. The predicted octanol–water partition coefficient (Wildman–Crippen LogP) is 5.75. The summed E-state index contributed by atoms with van der Waals surface area (Å²) < 4.78 is 26.5. The number of aliphatic hydroxyl groups is 1. The first kappa shape index (κ1) is 17.7. The Morgan fingerprint density at radius 1 is 1.20 bits per heavy atom. The van der Waals surface area contributed by atoms with Gasteiger partial charge in [0.15, 0.2) is 0 Å². The molecule has 0 saturated heterocycles. The zero-order valence-corrected chi connectivity index (χ0v) is 15.6. The minimum Gasteiger partial charge on any atom is -0.384 e. The Morgan fingerprint density at radius 2 is 1.96 bits per heavy atom. The van der Waals surface area contributed by atoms with Crippen LogP contribution in [0.5, 0.6) is 0 Å². The van der Waals surface area contributed by atoms with Crippen molar-refractivity contribution in [2.75, 3.05) is 0 Å². The first-order valence-electron chi connectivity index (χ1n) is 10.1. The highest BCUT2D eigenvalue weighted by Crippen LogP contribution is 2.64. The predicted molar refractivity (Wildman–Crippen MR) is 96.3 cm³/mol. The van der Waals surface area contributed by atoms with E-state index in [9.17, 15) is 13.9 Å². The summed E-state index contributed by atoms with van der Waals surface area (Å²) in [6.45, 7) is 8.94. The lowest BCUT2D eigenvalue weighted by Crippen LogP contribution is -2.49. The van der Waals surface area contributed by atoms with Crippen molar-refractivity contribution in [2.24, 2.45) is 35.0 Å². The number of alkyl halides is 2. The molecule has 0 aromatic carbocycles. The minimum absolute atomic E-state index is 0.189. The van der Waals surface area contributed by atoms with Gasteiger partial charge in [-0.1, -0.05) is 30.7 Å². The van der Waals surface area contributed by atoms with Crippen LogP contribution in [0.3, 0.4) is 0 Å². The number of hydrogen-bond acceptors (Lipinski definition) is 1. The highest BCUT2D eigenvalue weighted by molar-refractivity contribution is 5.23. The lowest BCUT2D eigenvalue weighted by atomic mass is 9.51. The average Bonchev–Trinajstić information content (AvgIpc) is 2.91. The molecule has 7 atom stereocenters. The monoisotopic (exact) mass is 350 g/mol. The summed E-state index contributed by atoms with van der Waals surface area (Å²) in [4.78, 5) is 0. The third-order valence-electron chi connectivity index (χ3n) is 8.54. The fourth-order valence-electron chi connectivity index (χ4n) is 7.32. The molecule has 0 aromatic heterocycles. The van der Waals surface area contributed by atoms with Crippen LogP contribution in [0.4, 0.5) is 8.78 Å². The van der Waals surface area contributed by atoms with Gasteiger partial charge >= 0.3 is 0 Å². The Bertz CT molecular complexity index is 597. The Morgan fingerprint density at radius 3 is 2.64 bits per heavy atom. The van der Waals surface area contributed by atoms with Crippen LogP contribution in [0, 0.1) is 35.0 Å². The molecule has 1 nitrogen and oxygen atoms in total. The summed E-state index contributed by atoms with van der Waals surface area (Å²) in [6.07, 6.45) is 6.85. The van der Waals surface area contributed by atoms with E-state index in [1.165, 1.54) is 31.3 Å². The van der Waals surface area contributed by atoms with E-state index in [1.807, 2.05) is 0 Å². The molecule has 4 aliphatic carbocycles. The van der Waals surface area contributed by atoms with E-state index < -0.39 is 12.0 Å². The smallest absolute Gasteiger partial charge is 0.267 e. The molecule has 0 aromatic rings. The van der Waals surface area contributed by atoms with Gasteiger partial charge in [0.1, 0.15) is 5.60 Å². The van der Waals surface area contributed by atoms with Gasteiger partial charge in [-0.3, -0.25) is 0 Å². The van der Waals surface area contributed by atoms with Crippen molar-refractivity contribution in [3.63, 3.8) is 0 Å². The molecule has 0 aliphatic heterocycles. The first-order chi connectivity index (χ1) is 11.8. The van der Waals surface area contributed by atoms with Crippen molar-refractivity contribution in [1.29, 1.82) is 0 Å². The van der Waals surface area contributed by atoms with Gasteiger partial charge in [0.05, 0.1) is 0 Å². The van der Waals surface area contributed by atoms with E-state index in [0.717, 1.165) is 24.3 Å². The Balaban J connectivity index is 1.58. The largest absolute Gasteiger partial charge is 0.384 e. The van der Waals surface area contributed by atoms with Gasteiger partial charge in [0, 0.05) is 6.42 Å². The van der Waals surface area contributed by atoms with Crippen LogP contribution in [0.1, 0.15) is 65.2 Å². The average molecular weight is 350 g/mol. The second kappa shape index (κ2) is 5.90. The van der Waals surface area contributed by atoms with Crippen LogP contribution < -0.4 is 0 Å². The number of hydrogen-bond donors (Lipinski definition) is 1. The molecular weight excluding hydrogens is 318 g/mol. The van der Waals surface area contributed by atoms with E-state index in [4.69, 9.17) is 0 Å². The Labute approximate surface area is 150 Å². The number of allylic oxidation sites excluding steroid dienone is 2. The topological polar surface area (TPSA) is 20.2 Å². The first-order valence-corrected chi connectivity index (χ1v) is 10.1. The summed E-state index contributed by atoms with van der Waals surface area (Å²) in [5.74, 6) is 3.19. The molecule has 25 heavy (non-hydrogen) atoms. The molecule has 3 heteroatoms. The van der Waals surface area contributed by atoms with Crippen LogP contribution in [0.2, 0.25) is 0 Å². The number of fused-ring (bicyclic) bond motifs is 5. The second-order valence-electron chi connectivity index (χ2n) is 9.70. The molecule has 4 aliphatic rings. The van der Waals surface area contributed by atoms with E-state index in [1.54, 1.807) is 0 Å². The van der Waals surface area contributed by atoms with Crippen molar-refractivity contribution >= 4 is 0 Å². The molecule has 0 radical (unpaired) electrons. The van der Waals surface area contributed by atoms with Crippen molar-refractivity contribution in [3.05, 3.63) is 23.8 Å². The van der Waals surface area contributed by atoms with Gasteiger partial charge < -0.3 is 5.11 Å². The lowest BCUT2D eigenvalue weighted by molar-refractivity contribution is -0.119. The standard InChI is InChI=1S/C22H32F2O/c1-13(2)18-6-7-19-17-5-4-14-12-22(25,20(23)24)11-9-15(14)16(17)8-10-21(18,19)3/h4,15-20,25H,1,5-12H2,2-3H3/t15-,16+,17+,18+,19-,21+,22-/m0/s1. The second-order valence-corrected chi connectivity index (χ2v) is 9.70. The van der Waals surface area contributed by atoms with Gasteiger partial charge in [0.2, 0.25) is 0 Å². The van der Waals surface area contributed by atoms with Crippen LogP contribution in [0.25, 0.3) is 0 Å². The molecule has 0 heterocycles. The summed E-state index contributed by atoms with van der Waals surface area (Å²) in [6, 6.07) is 0. The van der Waals surface area contributed by atoms with E-state index in [2.05, 4.69) is 26.5 Å². The number of rotatable bonds is 2. The zero-order chi connectivity index (χ0) is 18.0.